The molecule has 1 aliphatic heterocycles. The van der Waals surface area contributed by atoms with E-state index in [9.17, 15) is 0 Å². The Kier molecular flexibility index (Phi) is 4.00. The van der Waals surface area contributed by atoms with Gasteiger partial charge in [0.2, 0.25) is 5.28 Å². The molecule has 0 amide bonds. The van der Waals surface area contributed by atoms with Crippen molar-refractivity contribution in [3.8, 4) is 0 Å². The van der Waals surface area contributed by atoms with Crippen molar-refractivity contribution in [2.75, 3.05) is 38.1 Å². The van der Waals surface area contributed by atoms with Gasteiger partial charge in [-0.1, -0.05) is 0 Å². The van der Waals surface area contributed by atoms with Crippen molar-refractivity contribution in [3.05, 3.63) is 16.0 Å². The average molecular weight is 306 g/mol. The van der Waals surface area contributed by atoms with Gasteiger partial charge in [0, 0.05) is 25.8 Å². The predicted octanol–water partition coefficient (Wildman–Crippen LogP) is 2.03. The number of nitrogens with zero attached hydrogens (tertiary/aromatic N) is 4. The molecule has 2 rings (SSSR count). The first-order chi connectivity index (χ1) is 7.66. The Balaban J connectivity index is 2.19. The zero-order valence-electron chi connectivity index (χ0n) is 9.16. The molecule has 1 aromatic heterocycles. The average Bonchev–Trinajstić information content (AvgIpc) is 2.47. The molecular formula is C10H14BrClN4. The highest BCUT2D eigenvalue weighted by Gasteiger charge is 2.16. The number of halogens is 2. The Morgan fingerprint density at radius 3 is 2.94 bits per heavy atom. The Labute approximate surface area is 109 Å². The fraction of sp³-hybridized carbons (Fsp3) is 0.600. The Morgan fingerprint density at radius 1 is 1.31 bits per heavy atom. The van der Waals surface area contributed by atoms with Crippen molar-refractivity contribution in [1.82, 2.24) is 14.9 Å². The van der Waals surface area contributed by atoms with E-state index in [0.717, 1.165) is 42.9 Å². The molecular weight excluding hydrogens is 291 g/mol. The molecule has 4 nitrogen and oxygen atoms in total. The smallest absolute Gasteiger partial charge is 0.224 e. The van der Waals surface area contributed by atoms with E-state index in [-0.39, 0.29) is 0 Å². The summed E-state index contributed by atoms with van der Waals surface area (Å²) in [5.41, 5.74) is 0. The molecule has 0 aliphatic carbocycles. The van der Waals surface area contributed by atoms with E-state index in [1.807, 2.05) is 0 Å². The topological polar surface area (TPSA) is 32.3 Å². The normalized spacial score (nSPS) is 18.6. The van der Waals surface area contributed by atoms with Gasteiger partial charge in [0.15, 0.2) is 0 Å². The van der Waals surface area contributed by atoms with Gasteiger partial charge in [0.25, 0.3) is 0 Å². The van der Waals surface area contributed by atoms with Gasteiger partial charge in [0.05, 0.1) is 4.47 Å². The molecule has 0 unspecified atom stereocenters. The van der Waals surface area contributed by atoms with Crippen LogP contribution in [0, 0.1) is 0 Å². The lowest BCUT2D eigenvalue weighted by atomic mass is 10.4. The Hall–Kier alpha value is -0.390. The SMILES string of the molecule is CN1CCCN(c2nc(Cl)ncc2Br)CC1. The molecule has 0 radical (unpaired) electrons. The molecule has 16 heavy (non-hydrogen) atoms. The molecule has 1 fully saturated rings. The van der Waals surface area contributed by atoms with Gasteiger partial charge < -0.3 is 9.80 Å². The zero-order valence-corrected chi connectivity index (χ0v) is 11.5. The summed E-state index contributed by atoms with van der Waals surface area (Å²) in [4.78, 5) is 12.8. The molecule has 0 bridgehead atoms. The predicted molar refractivity (Wildman–Crippen MR) is 69.1 cm³/mol. The van der Waals surface area contributed by atoms with E-state index in [2.05, 4.69) is 42.7 Å². The molecule has 2 heterocycles. The van der Waals surface area contributed by atoms with Crippen molar-refractivity contribution >= 4 is 33.3 Å². The monoisotopic (exact) mass is 304 g/mol. The molecule has 6 heteroatoms. The van der Waals surface area contributed by atoms with E-state index >= 15 is 0 Å². The maximum Gasteiger partial charge on any atom is 0.224 e. The lowest BCUT2D eigenvalue weighted by Crippen LogP contribution is -2.29. The minimum Gasteiger partial charge on any atom is -0.354 e. The summed E-state index contributed by atoms with van der Waals surface area (Å²) in [5, 5.41) is 0.302. The van der Waals surface area contributed by atoms with Crippen LogP contribution in [0.4, 0.5) is 5.82 Å². The second kappa shape index (κ2) is 5.29. The van der Waals surface area contributed by atoms with Crippen LogP contribution in [-0.4, -0.2) is 48.1 Å². The Bertz CT molecular complexity index is 374. The summed E-state index contributed by atoms with van der Waals surface area (Å²) < 4.78 is 0.904. The fourth-order valence-electron chi connectivity index (χ4n) is 1.82. The first-order valence-corrected chi connectivity index (χ1v) is 6.45. The maximum atomic E-state index is 5.83. The summed E-state index contributed by atoms with van der Waals surface area (Å²) in [6, 6.07) is 0. The number of anilines is 1. The summed E-state index contributed by atoms with van der Waals surface area (Å²) in [5.74, 6) is 0.898. The van der Waals surface area contributed by atoms with E-state index < -0.39 is 0 Å². The third-order valence-electron chi connectivity index (χ3n) is 2.72. The Morgan fingerprint density at radius 2 is 2.12 bits per heavy atom. The van der Waals surface area contributed by atoms with Crippen LogP contribution >= 0.6 is 27.5 Å². The number of hydrogen-bond acceptors (Lipinski definition) is 4. The first-order valence-electron chi connectivity index (χ1n) is 5.28. The fourth-order valence-corrected chi connectivity index (χ4v) is 2.39. The van der Waals surface area contributed by atoms with Gasteiger partial charge in [-0.3, -0.25) is 0 Å². The van der Waals surface area contributed by atoms with Gasteiger partial charge in [-0.05, 0) is 47.5 Å². The lowest BCUT2D eigenvalue weighted by molar-refractivity contribution is 0.360. The highest BCUT2D eigenvalue weighted by Crippen LogP contribution is 2.25. The number of aromatic nitrogens is 2. The number of hydrogen-bond donors (Lipinski definition) is 0. The van der Waals surface area contributed by atoms with Crippen LogP contribution < -0.4 is 4.90 Å². The van der Waals surface area contributed by atoms with Crippen LogP contribution in [0.15, 0.2) is 10.7 Å². The minimum absolute atomic E-state index is 0.302. The second-order valence-corrected chi connectivity index (χ2v) is 5.15. The third-order valence-corrected chi connectivity index (χ3v) is 3.46. The molecule has 0 saturated carbocycles. The van der Waals surface area contributed by atoms with Gasteiger partial charge >= 0.3 is 0 Å². The summed E-state index contributed by atoms with van der Waals surface area (Å²) >= 11 is 9.29. The molecule has 88 valence electrons. The van der Waals surface area contributed by atoms with Crippen LogP contribution in [0.3, 0.4) is 0 Å². The van der Waals surface area contributed by atoms with Gasteiger partial charge in [-0.25, -0.2) is 4.98 Å². The maximum absolute atomic E-state index is 5.83. The minimum atomic E-state index is 0.302. The van der Waals surface area contributed by atoms with E-state index in [1.54, 1.807) is 6.20 Å². The van der Waals surface area contributed by atoms with Crippen molar-refractivity contribution in [1.29, 1.82) is 0 Å². The third kappa shape index (κ3) is 2.84. The van der Waals surface area contributed by atoms with Crippen molar-refractivity contribution < 1.29 is 0 Å². The van der Waals surface area contributed by atoms with Crippen molar-refractivity contribution in [2.45, 2.75) is 6.42 Å². The van der Waals surface area contributed by atoms with Gasteiger partial charge in [0.1, 0.15) is 5.82 Å². The van der Waals surface area contributed by atoms with E-state index in [1.165, 1.54) is 0 Å². The van der Waals surface area contributed by atoms with Crippen LogP contribution in [0.5, 0.6) is 0 Å². The van der Waals surface area contributed by atoms with E-state index in [0.29, 0.717) is 5.28 Å². The number of likely N-dealkylation sites (N-methyl/N-ethyl adjacent to an activating group) is 1. The molecule has 0 atom stereocenters. The summed E-state index contributed by atoms with van der Waals surface area (Å²) in [7, 11) is 2.14. The standard InChI is InChI=1S/C10H14BrClN4/c1-15-3-2-4-16(6-5-15)9-8(11)7-13-10(12)14-9/h7H,2-6H2,1H3. The summed E-state index contributed by atoms with van der Waals surface area (Å²) in [6.07, 6.45) is 2.85. The van der Waals surface area contributed by atoms with Crippen LogP contribution in [0.2, 0.25) is 5.28 Å². The van der Waals surface area contributed by atoms with Gasteiger partial charge in [-0.2, -0.15) is 4.98 Å². The largest absolute Gasteiger partial charge is 0.354 e. The number of rotatable bonds is 1. The quantitative estimate of drug-likeness (QED) is 0.743. The molecule has 1 saturated heterocycles. The highest BCUT2D eigenvalue weighted by atomic mass is 79.9. The van der Waals surface area contributed by atoms with Gasteiger partial charge in [-0.15, -0.1) is 0 Å². The molecule has 0 N–H and O–H groups in total. The second-order valence-electron chi connectivity index (χ2n) is 3.95. The zero-order chi connectivity index (χ0) is 11.5. The first kappa shape index (κ1) is 12.1. The molecule has 1 aromatic rings. The van der Waals surface area contributed by atoms with Crippen molar-refractivity contribution in [3.63, 3.8) is 0 Å². The van der Waals surface area contributed by atoms with Crippen molar-refractivity contribution in [2.24, 2.45) is 0 Å². The molecule has 1 aliphatic rings. The molecule has 0 aromatic carbocycles. The van der Waals surface area contributed by atoms with E-state index in [4.69, 9.17) is 11.6 Å². The van der Waals surface area contributed by atoms with Crippen LogP contribution in [-0.2, 0) is 0 Å². The summed E-state index contributed by atoms with van der Waals surface area (Å²) in [6.45, 7) is 4.17. The van der Waals surface area contributed by atoms with Crippen LogP contribution in [0.1, 0.15) is 6.42 Å². The lowest BCUT2D eigenvalue weighted by Gasteiger charge is -2.22. The van der Waals surface area contributed by atoms with Crippen LogP contribution in [0.25, 0.3) is 0 Å². The molecule has 0 spiro atoms. The highest BCUT2D eigenvalue weighted by molar-refractivity contribution is 9.10.